The zero-order valence-corrected chi connectivity index (χ0v) is 14.8. The number of hydrogen-bond acceptors (Lipinski definition) is 5. The lowest BCUT2D eigenvalue weighted by atomic mass is 10.1. The number of para-hydroxylation sites is 1. The predicted octanol–water partition coefficient (Wildman–Crippen LogP) is 3.04. The number of aromatic nitrogens is 2. The van der Waals surface area contributed by atoms with Crippen LogP contribution in [-0.4, -0.2) is 51.9 Å². The summed E-state index contributed by atoms with van der Waals surface area (Å²) in [5, 5.41) is 2.12. The van der Waals surface area contributed by atoms with Crippen molar-refractivity contribution in [3.8, 4) is 0 Å². The minimum atomic E-state index is 0.0593. The van der Waals surface area contributed by atoms with Gasteiger partial charge in [-0.2, -0.15) is 0 Å². The molecule has 0 atom stereocenters. The molecule has 0 bridgehead atoms. The molecule has 25 heavy (non-hydrogen) atoms. The van der Waals surface area contributed by atoms with E-state index in [-0.39, 0.29) is 5.91 Å². The molecule has 1 aromatic carbocycles. The summed E-state index contributed by atoms with van der Waals surface area (Å²) in [6, 6.07) is 9.89. The van der Waals surface area contributed by atoms with Crippen LogP contribution in [0.1, 0.15) is 21.7 Å². The highest BCUT2D eigenvalue weighted by Crippen LogP contribution is 2.18. The van der Waals surface area contributed by atoms with Crippen molar-refractivity contribution in [3.63, 3.8) is 0 Å². The zero-order chi connectivity index (χ0) is 17.1. The van der Waals surface area contributed by atoms with Crippen molar-refractivity contribution in [1.29, 1.82) is 0 Å². The van der Waals surface area contributed by atoms with E-state index in [2.05, 4.69) is 32.4 Å². The standard InChI is InChI=1S/C19H20N4OS/c24-19(16-5-1-6-17-18(16)21-8-7-20-17)23-10-3-9-22(11-12-23)14-15-4-2-13-25-15/h1-2,4-8,13H,3,9-12,14H2. The molecule has 0 radical (unpaired) electrons. The number of carbonyl (C=O) groups is 1. The molecule has 1 fully saturated rings. The van der Waals surface area contributed by atoms with Gasteiger partial charge in [0, 0.05) is 50.0 Å². The lowest BCUT2D eigenvalue weighted by molar-refractivity contribution is 0.0763. The van der Waals surface area contributed by atoms with E-state index in [1.54, 1.807) is 23.7 Å². The van der Waals surface area contributed by atoms with Crippen molar-refractivity contribution in [3.05, 3.63) is 58.5 Å². The van der Waals surface area contributed by atoms with Gasteiger partial charge in [0.1, 0.15) is 5.52 Å². The Labute approximate surface area is 150 Å². The van der Waals surface area contributed by atoms with Gasteiger partial charge in [0.15, 0.2) is 0 Å². The summed E-state index contributed by atoms with van der Waals surface area (Å²) in [5.41, 5.74) is 2.11. The van der Waals surface area contributed by atoms with Crippen LogP contribution in [0.2, 0.25) is 0 Å². The summed E-state index contributed by atoms with van der Waals surface area (Å²) in [4.78, 5) is 27.5. The summed E-state index contributed by atoms with van der Waals surface area (Å²) in [6.07, 6.45) is 4.29. The van der Waals surface area contributed by atoms with Crippen molar-refractivity contribution in [2.45, 2.75) is 13.0 Å². The van der Waals surface area contributed by atoms with Crippen LogP contribution in [0.15, 0.2) is 48.1 Å². The second kappa shape index (κ2) is 7.29. The van der Waals surface area contributed by atoms with E-state index in [1.807, 2.05) is 23.1 Å². The lowest BCUT2D eigenvalue weighted by Gasteiger charge is -2.22. The highest BCUT2D eigenvalue weighted by atomic mass is 32.1. The monoisotopic (exact) mass is 352 g/mol. The largest absolute Gasteiger partial charge is 0.337 e. The van der Waals surface area contributed by atoms with Crippen molar-refractivity contribution < 1.29 is 4.79 Å². The Morgan fingerprint density at radius 2 is 1.96 bits per heavy atom. The first-order valence-corrected chi connectivity index (χ1v) is 9.43. The van der Waals surface area contributed by atoms with E-state index in [0.29, 0.717) is 11.1 Å². The third-order valence-corrected chi connectivity index (χ3v) is 5.43. The first-order valence-electron chi connectivity index (χ1n) is 8.55. The smallest absolute Gasteiger partial charge is 0.256 e. The van der Waals surface area contributed by atoms with Gasteiger partial charge in [-0.05, 0) is 30.0 Å². The van der Waals surface area contributed by atoms with Crippen LogP contribution in [0.25, 0.3) is 11.0 Å². The minimum Gasteiger partial charge on any atom is -0.337 e. The van der Waals surface area contributed by atoms with Gasteiger partial charge in [0.25, 0.3) is 5.91 Å². The normalized spacial score (nSPS) is 16.1. The first-order chi connectivity index (χ1) is 12.3. The van der Waals surface area contributed by atoms with Crippen LogP contribution in [0.3, 0.4) is 0 Å². The van der Waals surface area contributed by atoms with Crippen molar-refractivity contribution >= 4 is 28.3 Å². The van der Waals surface area contributed by atoms with E-state index in [0.717, 1.165) is 44.7 Å². The van der Waals surface area contributed by atoms with Crippen LogP contribution >= 0.6 is 11.3 Å². The molecule has 2 aromatic heterocycles. The maximum absolute atomic E-state index is 13.0. The number of benzene rings is 1. The first kappa shape index (κ1) is 16.2. The molecular weight excluding hydrogens is 332 g/mol. The number of carbonyl (C=O) groups excluding carboxylic acids is 1. The molecule has 1 saturated heterocycles. The van der Waals surface area contributed by atoms with Gasteiger partial charge in [-0.15, -0.1) is 11.3 Å². The third kappa shape index (κ3) is 3.55. The van der Waals surface area contributed by atoms with E-state index in [4.69, 9.17) is 0 Å². The molecule has 1 aliphatic rings. The number of amides is 1. The molecule has 4 rings (SSSR count). The van der Waals surface area contributed by atoms with Gasteiger partial charge < -0.3 is 4.90 Å². The molecular formula is C19H20N4OS. The predicted molar refractivity (Wildman–Crippen MR) is 99.7 cm³/mol. The minimum absolute atomic E-state index is 0.0593. The number of thiophene rings is 1. The fourth-order valence-electron chi connectivity index (χ4n) is 3.29. The Balaban J connectivity index is 1.49. The second-order valence-electron chi connectivity index (χ2n) is 6.23. The van der Waals surface area contributed by atoms with Crippen LogP contribution < -0.4 is 0 Å². The summed E-state index contributed by atoms with van der Waals surface area (Å²) in [6.45, 7) is 4.44. The molecule has 6 heteroatoms. The molecule has 5 nitrogen and oxygen atoms in total. The average Bonchev–Trinajstić information content (AvgIpc) is 3.05. The molecule has 128 valence electrons. The maximum Gasteiger partial charge on any atom is 0.256 e. The Kier molecular flexibility index (Phi) is 4.72. The molecule has 3 heterocycles. The SMILES string of the molecule is O=C(c1cccc2nccnc12)N1CCCN(Cc2cccs2)CC1. The summed E-state index contributed by atoms with van der Waals surface area (Å²) < 4.78 is 0. The summed E-state index contributed by atoms with van der Waals surface area (Å²) >= 11 is 1.79. The van der Waals surface area contributed by atoms with Crippen LogP contribution in [-0.2, 0) is 6.54 Å². The maximum atomic E-state index is 13.0. The summed E-state index contributed by atoms with van der Waals surface area (Å²) in [7, 11) is 0. The fraction of sp³-hybridized carbons (Fsp3) is 0.316. The van der Waals surface area contributed by atoms with E-state index in [1.165, 1.54) is 4.88 Å². The molecule has 1 amide bonds. The Bertz CT molecular complexity index is 860. The second-order valence-corrected chi connectivity index (χ2v) is 7.26. The van der Waals surface area contributed by atoms with E-state index in [9.17, 15) is 4.79 Å². The van der Waals surface area contributed by atoms with Crippen LogP contribution in [0.5, 0.6) is 0 Å². The number of rotatable bonds is 3. The van der Waals surface area contributed by atoms with E-state index < -0.39 is 0 Å². The van der Waals surface area contributed by atoms with Gasteiger partial charge in [0.2, 0.25) is 0 Å². The lowest BCUT2D eigenvalue weighted by Crippen LogP contribution is -2.35. The molecule has 0 saturated carbocycles. The number of hydrogen-bond donors (Lipinski definition) is 0. The molecule has 0 aliphatic carbocycles. The van der Waals surface area contributed by atoms with Gasteiger partial charge in [-0.1, -0.05) is 12.1 Å². The zero-order valence-electron chi connectivity index (χ0n) is 14.0. The quantitative estimate of drug-likeness (QED) is 0.727. The molecule has 0 N–H and O–H groups in total. The molecule has 0 unspecified atom stereocenters. The Morgan fingerprint density at radius 1 is 1.04 bits per heavy atom. The Hall–Kier alpha value is -2.31. The highest BCUT2D eigenvalue weighted by Gasteiger charge is 2.22. The molecule has 3 aromatic rings. The third-order valence-electron chi connectivity index (χ3n) is 4.56. The highest BCUT2D eigenvalue weighted by molar-refractivity contribution is 7.09. The summed E-state index contributed by atoms with van der Waals surface area (Å²) in [5.74, 6) is 0.0593. The van der Waals surface area contributed by atoms with Crippen LogP contribution in [0, 0.1) is 0 Å². The van der Waals surface area contributed by atoms with Gasteiger partial charge >= 0.3 is 0 Å². The van der Waals surface area contributed by atoms with Crippen molar-refractivity contribution in [2.24, 2.45) is 0 Å². The molecule has 1 aliphatic heterocycles. The van der Waals surface area contributed by atoms with Crippen molar-refractivity contribution in [2.75, 3.05) is 26.2 Å². The topological polar surface area (TPSA) is 49.3 Å². The molecule has 0 spiro atoms. The van der Waals surface area contributed by atoms with E-state index >= 15 is 0 Å². The Morgan fingerprint density at radius 3 is 2.84 bits per heavy atom. The fourth-order valence-corrected chi connectivity index (χ4v) is 4.04. The average molecular weight is 352 g/mol. The van der Waals surface area contributed by atoms with Gasteiger partial charge in [0.05, 0.1) is 11.1 Å². The van der Waals surface area contributed by atoms with Gasteiger partial charge in [-0.25, -0.2) is 0 Å². The van der Waals surface area contributed by atoms with Crippen LogP contribution in [0.4, 0.5) is 0 Å². The number of nitrogens with zero attached hydrogens (tertiary/aromatic N) is 4. The number of fused-ring (bicyclic) bond motifs is 1. The van der Waals surface area contributed by atoms with Crippen molar-refractivity contribution in [1.82, 2.24) is 19.8 Å². The van der Waals surface area contributed by atoms with Gasteiger partial charge in [-0.3, -0.25) is 19.7 Å².